The number of hydrogen-bond acceptors (Lipinski definition) is 3. The van der Waals surface area contributed by atoms with Gasteiger partial charge in [0.05, 0.1) is 6.61 Å². The largest absolute Gasteiger partial charge is 0.493 e. The van der Waals surface area contributed by atoms with E-state index in [1.807, 2.05) is 12.1 Å². The zero-order chi connectivity index (χ0) is 17.5. The summed E-state index contributed by atoms with van der Waals surface area (Å²) in [6.07, 6.45) is 0. The summed E-state index contributed by atoms with van der Waals surface area (Å²) in [5.74, 6) is 0.817. The molecule has 2 amide bonds. The number of nitrogens with one attached hydrogen (secondary N) is 2. The number of ether oxygens (including phenoxy) is 1. The van der Waals surface area contributed by atoms with Crippen LogP contribution in [-0.2, 0) is 4.79 Å². The molecule has 0 atom stereocenters. The van der Waals surface area contributed by atoms with E-state index in [4.69, 9.17) is 4.74 Å². The summed E-state index contributed by atoms with van der Waals surface area (Å²) in [7, 11) is 0. The lowest BCUT2D eigenvalue weighted by atomic mass is 10.2. The first kappa shape index (κ1) is 17.5. The van der Waals surface area contributed by atoms with Crippen molar-refractivity contribution in [3.05, 3.63) is 54.1 Å². The van der Waals surface area contributed by atoms with Gasteiger partial charge in [-0.1, -0.05) is 19.9 Å². The van der Waals surface area contributed by atoms with Crippen molar-refractivity contribution in [1.29, 1.82) is 0 Å². The molecule has 2 aromatic rings. The molecule has 0 aliphatic heterocycles. The Balaban J connectivity index is 2.00. The van der Waals surface area contributed by atoms with Crippen LogP contribution in [0.25, 0.3) is 0 Å². The first-order chi connectivity index (χ1) is 11.4. The van der Waals surface area contributed by atoms with E-state index in [-0.39, 0.29) is 11.8 Å². The van der Waals surface area contributed by atoms with Gasteiger partial charge in [0.1, 0.15) is 5.75 Å². The Kier molecular flexibility index (Phi) is 5.95. The van der Waals surface area contributed by atoms with E-state index >= 15 is 0 Å². The summed E-state index contributed by atoms with van der Waals surface area (Å²) in [6.45, 7) is 6.25. The van der Waals surface area contributed by atoms with Crippen LogP contribution in [0.1, 0.15) is 31.1 Å². The van der Waals surface area contributed by atoms with E-state index in [0.29, 0.717) is 29.5 Å². The van der Waals surface area contributed by atoms with Gasteiger partial charge in [0.15, 0.2) is 0 Å². The van der Waals surface area contributed by atoms with E-state index < -0.39 is 0 Å². The highest BCUT2D eigenvalue weighted by Crippen LogP contribution is 2.18. The number of rotatable bonds is 6. The molecule has 0 unspecified atom stereocenters. The van der Waals surface area contributed by atoms with Crippen LogP contribution < -0.4 is 15.4 Å². The molecule has 2 aromatic carbocycles. The van der Waals surface area contributed by atoms with Crippen LogP contribution in [-0.4, -0.2) is 18.4 Å². The van der Waals surface area contributed by atoms with Crippen LogP contribution in [0.4, 0.5) is 11.4 Å². The lowest BCUT2D eigenvalue weighted by Crippen LogP contribution is -2.13. The smallest absolute Gasteiger partial charge is 0.255 e. The molecular weight excluding hydrogens is 304 g/mol. The standard InChI is InChI=1S/C19H22N2O3/c1-13(2)12-24-18-9-7-16(8-10-18)21-19(23)15-5-4-6-17(11-15)20-14(3)22/h4-11,13H,12H2,1-3H3,(H,20,22)(H,21,23). The van der Waals surface area contributed by atoms with Crippen molar-refractivity contribution in [1.82, 2.24) is 0 Å². The second kappa shape index (κ2) is 8.15. The van der Waals surface area contributed by atoms with Crippen molar-refractivity contribution in [2.75, 3.05) is 17.2 Å². The third-order valence-electron chi connectivity index (χ3n) is 3.14. The SMILES string of the molecule is CC(=O)Nc1cccc(C(=O)Nc2ccc(OCC(C)C)cc2)c1. The Labute approximate surface area is 142 Å². The number of carbonyl (C=O) groups excluding carboxylic acids is 2. The van der Waals surface area contributed by atoms with Crippen molar-refractivity contribution in [3.8, 4) is 5.75 Å². The second-order valence-electron chi connectivity index (χ2n) is 5.95. The summed E-state index contributed by atoms with van der Waals surface area (Å²) in [4.78, 5) is 23.4. The minimum Gasteiger partial charge on any atom is -0.493 e. The van der Waals surface area contributed by atoms with Gasteiger partial charge < -0.3 is 15.4 Å². The number of hydrogen-bond donors (Lipinski definition) is 2. The molecule has 0 heterocycles. The molecule has 126 valence electrons. The van der Waals surface area contributed by atoms with Crippen LogP contribution in [0.15, 0.2) is 48.5 Å². The van der Waals surface area contributed by atoms with E-state index in [1.165, 1.54) is 6.92 Å². The van der Waals surface area contributed by atoms with Gasteiger partial charge in [-0.15, -0.1) is 0 Å². The number of benzene rings is 2. The summed E-state index contributed by atoms with van der Waals surface area (Å²) in [6, 6.07) is 14.0. The van der Waals surface area contributed by atoms with Crippen molar-refractivity contribution >= 4 is 23.2 Å². The summed E-state index contributed by atoms with van der Waals surface area (Å²) < 4.78 is 5.61. The van der Waals surface area contributed by atoms with E-state index in [9.17, 15) is 9.59 Å². The van der Waals surface area contributed by atoms with Gasteiger partial charge in [-0.25, -0.2) is 0 Å². The first-order valence-corrected chi connectivity index (χ1v) is 7.86. The molecule has 5 nitrogen and oxygen atoms in total. The molecule has 2 rings (SSSR count). The van der Waals surface area contributed by atoms with Gasteiger partial charge in [0, 0.05) is 23.9 Å². The topological polar surface area (TPSA) is 67.4 Å². The molecule has 0 saturated carbocycles. The molecule has 0 aliphatic rings. The van der Waals surface area contributed by atoms with Gasteiger partial charge in [-0.2, -0.15) is 0 Å². The Morgan fingerprint density at radius 1 is 1.00 bits per heavy atom. The predicted molar refractivity (Wildman–Crippen MR) is 95.5 cm³/mol. The van der Waals surface area contributed by atoms with Gasteiger partial charge in [0.2, 0.25) is 5.91 Å². The first-order valence-electron chi connectivity index (χ1n) is 7.86. The molecule has 2 N–H and O–H groups in total. The third kappa shape index (κ3) is 5.43. The molecule has 0 spiro atoms. The van der Waals surface area contributed by atoms with Crippen molar-refractivity contribution in [2.24, 2.45) is 5.92 Å². The maximum absolute atomic E-state index is 12.3. The Hall–Kier alpha value is -2.82. The predicted octanol–water partition coefficient (Wildman–Crippen LogP) is 3.93. The van der Waals surface area contributed by atoms with Crippen molar-refractivity contribution in [3.63, 3.8) is 0 Å². The molecule has 0 aromatic heterocycles. The highest BCUT2D eigenvalue weighted by molar-refractivity contribution is 6.05. The lowest BCUT2D eigenvalue weighted by Gasteiger charge is -2.10. The van der Waals surface area contributed by atoms with E-state index in [2.05, 4.69) is 24.5 Å². The minimum absolute atomic E-state index is 0.176. The molecule has 0 radical (unpaired) electrons. The van der Waals surface area contributed by atoms with Crippen LogP contribution in [0.3, 0.4) is 0 Å². The zero-order valence-corrected chi connectivity index (χ0v) is 14.1. The molecule has 0 saturated heterocycles. The second-order valence-corrected chi connectivity index (χ2v) is 5.95. The average Bonchev–Trinajstić information content (AvgIpc) is 2.53. The molecular formula is C19H22N2O3. The Morgan fingerprint density at radius 2 is 1.71 bits per heavy atom. The van der Waals surface area contributed by atoms with Gasteiger partial charge in [0.25, 0.3) is 5.91 Å². The number of anilines is 2. The van der Waals surface area contributed by atoms with E-state index in [0.717, 1.165) is 5.75 Å². The van der Waals surface area contributed by atoms with Crippen molar-refractivity contribution < 1.29 is 14.3 Å². The Bertz CT molecular complexity index is 709. The fourth-order valence-corrected chi connectivity index (χ4v) is 2.04. The minimum atomic E-state index is -0.238. The highest BCUT2D eigenvalue weighted by atomic mass is 16.5. The molecule has 0 bridgehead atoms. The highest BCUT2D eigenvalue weighted by Gasteiger charge is 2.08. The number of amides is 2. The molecule has 5 heteroatoms. The fourth-order valence-electron chi connectivity index (χ4n) is 2.04. The van der Waals surface area contributed by atoms with Crippen LogP contribution in [0.5, 0.6) is 5.75 Å². The van der Waals surface area contributed by atoms with Crippen LogP contribution in [0, 0.1) is 5.92 Å². The van der Waals surface area contributed by atoms with Gasteiger partial charge in [-0.3, -0.25) is 9.59 Å². The third-order valence-corrected chi connectivity index (χ3v) is 3.14. The van der Waals surface area contributed by atoms with Crippen molar-refractivity contribution in [2.45, 2.75) is 20.8 Å². The maximum atomic E-state index is 12.3. The summed E-state index contributed by atoms with van der Waals surface area (Å²) in [5.41, 5.74) is 1.75. The molecule has 24 heavy (non-hydrogen) atoms. The van der Waals surface area contributed by atoms with E-state index in [1.54, 1.807) is 36.4 Å². The molecule has 0 aliphatic carbocycles. The number of carbonyl (C=O) groups is 2. The monoisotopic (exact) mass is 326 g/mol. The van der Waals surface area contributed by atoms with Gasteiger partial charge >= 0.3 is 0 Å². The van der Waals surface area contributed by atoms with Gasteiger partial charge in [-0.05, 0) is 48.4 Å². The Morgan fingerprint density at radius 3 is 2.33 bits per heavy atom. The average molecular weight is 326 g/mol. The zero-order valence-electron chi connectivity index (χ0n) is 14.1. The van der Waals surface area contributed by atoms with Crippen LogP contribution in [0.2, 0.25) is 0 Å². The molecule has 0 fully saturated rings. The summed E-state index contributed by atoms with van der Waals surface area (Å²) in [5, 5.41) is 5.48. The maximum Gasteiger partial charge on any atom is 0.255 e. The lowest BCUT2D eigenvalue weighted by molar-refractivity contribution is -0.114. The fraction of sp³-hybridized carbons (Fsp3) is 0.263. The quantitative estimate of drug-likeness (QED) is 0.845. The van der Waals surface area contributed by atoms with Crippen LogP contribution >= 0.6 is 0 Å². The summed E-state index contributed by atoms with van der Waals surface area (Å²) >= 11 is 0. The normalized spacial score (nSPS) is 10.3.